The molecule has 0 saturated heterocycles. The molecule has 2 N–H and O–H groups in total. The van der Waals surface area contributed by atoms with Gasteiger partial charge in [0.15, 0.2) is 0 Å². The topological polar surface area (TPSA) is 92.9 Å². The molecule has 7 nitrogen and oxygen atoms in total. The normalized spacial score (nSPS) is 11.1. The number of rotatable bonds is 8. The maximum Gasteiger partial charge on any atom is 0.255 e. The lowest BCUT2D eigenvalue weighted by Crippen LogP contribution is -2.25. The van der Waals surface area contributed by atoms with Crippen molar-refractivity contribution < 1.29 is 14.3 Å². The maximum absolute atomic E-state index is 13.4. The second-order valence-corrected chi connectivity index (χ2v) is 8.21. The van der Waals surface area contributed by atoms with Crippen molar-refractivity contribution in [3.63, 3.8) is 0 Å². The minimum Gasteiger partial charge on any atom is -0.507 e. The Bertz CT molecular complexity index is 1280. The summed E-state index contributed by atoms with van der Waals surface area (Å²) in [5.41, 5.74) is 3.36. The SMILES string of the molecule is CC(C)n1cc(-c2ccnc(CCCNC(=O)c3ccccc3O)n2)c(-c2ccc(F)cc2)n1. The van der Waals surface area contributed by atoms with E-state index in [1.165, 1.54) is 18.2 Å². The van der Waals surface area contributed by atoms with Crippen molar-refractivity contribution in [1.82, 2.24) is 25.1 Å². The van der Waals surface area contributed by atoms with Gasteiger partial charge >= 0.3 is 0 Å². The third-order valence-electron chi connectivity index (χ3n) is 5.37. The molecule has 0 fully saturated rings. The highest BCUT2D eigenvalue weighted by Crippen LogP contribution is 2.31. The number of aromatic hydroxyl groups is 1. The Balaban J connectivity index is 1.47. The van der Waals surface area contributed by atoms with Gasteiger partial charge in [0.1, 0.15) is 23.1 Å². The molecular formula is C26H26FN5O2. The highest BCUT2D eigenvalue weighted by atomic mass is 19.1. The molecule has 0 atom stereocenters. The molecule has 0 spiro atoms. The first-order chi connectivity index (χ1) is 16.4. The summed E-state index contributed by atoms with van der Waals surface area (Å²) >= 11 is 0. The molecule has 0 aliphatic carbocycles. The average molecular weight is 460 g/mol. The van der Waals surface area contributed by atoms with Crippen molar-refractivity contribution in [3.8, 4) is 28.3 Å². The van der Waals surface area contributed by atoms with E-state index in [4.69, 9.17) is 10.1 Å². The highest BCUT2D eigenvalue weighted by Gasteiger charge is 2.16. The Labute approximate surface area is 197 Å². The summed E-state index contributed by atoms with van der Waals surface area (Å²) in [7, 11) is 0. The van der Waals surface area contributed by atoms with Crippen molar-refractivity contribution >= 4 is 5.91 Å². The molecular weight excluding hydrogens is 433 g/mol. The summed E-state index contributed by atoms with van der Waals surface area (Å²) in [5, 5.41) is 17.3. The number of nitrogens with one attached hydrogen (secondary N) is 1. The van der Waals surface area contributed by atoms with Crippen LogP contribution in [0.15, 0.2) is 67.0 Å². The third kappa shape index (κ3) is 5.28. The lowest BCUT2D eigenvalue weighted by Gasteiger charge is -2.07. The van der Waals surface area contributed by atoms with E-state index in [0.717, 1.165) is 22.5 Å². The zero-order valence-electron chi connectivity index (χ0n) is 19.1. The molecule has 0 saturated carbocycles. The summed E-state index contributed by atoms with van der Waals surface area (Å²) in [4.78, 5) is 21.3. The highest BCUT2D eigenvalue weighted by molar-refractivity contribution is 5.96. The fourth-order valence-electron chi connectivity index (χ4n) is 3.54. The van der Waals surface area contributed by atoms with E-state index in [0.29, 0.717) is 25.2 Å². The lowest BCUT2D eigenvalue weighted by molar-refractivity contribution is 0.0950. The number of carbonyl (C=O) groups is 1. The van der Waals surface area contributed by atoms with Gasteiger partial charge in [-0.15, -0.1) is 0 Å². The number of hydrogen-bond acceptors (Lipinski definition) is 5. The second-order valence-electron chi connectivity index (χ2n) is 8.21. The van der Waals surface area contributed by atoms with E-state index >= 15 is 0 Å². The Kier molecular flexibility index (Phi) is 6.96. The molecule has 0 aliphatic heterocycles. The van der Waals surface area contributed by atoms with Gasteiger partial charge in [0, 0.05) is 42.5 Å². The van der Waals surface area contributed by atoms with Crippen LogP contribution in [0.2, 0.25) is 0 Å². The maximum atomic E-state index is 13.4. The summed E-state index contributed by atoms with van der Waals surface area (Å²) in [6.45, 7) is 4.51. The van der Waals surface area contributed by atoms with Crippen LogP contribution in [0.3, 0.4) is 0 Å². The van der Waals surface area contributed by atoms with Crippen molar-refractivity contribution in [2.45, 2.75) is 32.7 Å². The summed E-state index contributed by atoms with van der Waals surface area (Å²) in [5.74, 6) is -0.0168. The van der Waals surface area contributed by atoms with E-state index in [1.807, 2.05) is 30.8 Å². The number of aromatic nitrogens is 4. The van der Waals surface area contributed by atoms with Crippen LogP contribution in [0.1, 0.15) is 42.5 Å². The van der Waals surface area contributed by atoms with Crippen molar-refractivity contribution in [3.05, 3.63) is 84.2 Å². The summed E-state index contributed by atoms with van der Waals surface area (Å²) in [6.07, 6.45) is 4.86. The van der Waals surface area contributed by atoms with Gasteiger partial charge in [-0.1, -0.05) is 12.1 Å². The summed E-state index contributed by atoms with van der Waals surface area (Å²) in [6, 6.07) is 14.7. The van der Waals surface area contributed by atoms with Crippen molar-refractivity contribution in [2.24, 2.45) is 0 Å². The number of halogens is 1. The number of phenolic OH excluding ortho intramolecular Hbond substituents is 1. The number of benzene rings is 2. The predicted molar refractivity (Wildman–Crippen MR) is 128 cm³/mol. The number of carbonyl (C=O) groups excluding carboxylic acids is 1. The Morgan fingerprint density at radius 1 is 1.12 bits per heavy atom. The van der Waals surface area contributed by atoms with Crippen LogP contribution in [-0.4, -0.2) is 37.3 Å². The molecule has 0 radical (unpaired) electrons. The van der Waals surface area contributed by atoms with Crippen LogP contribution in [0.25, 0.3) is 22.5 Å². The van der Waals surface area contributed by atoms with E-state index in [1.54, 1.807) is 36.5 Å². The fraction of sp³-hybridized carbons (Fsp3) is 0.231. The second kappa shape index (κ2) is 10.2. The van der Waals surface area contributed by atoms with Gasteiger partial charge in [0.25, 0.3) is 5.91 Å². The Morgan fingerprint density at radius 2 is 1.88 bits per heavy atom. The van der Waals surface area contributed by atoms with Crippen molar-refractivity contribution in [2.75, 3.05) is 6.54 Å². The smallest absolute Gasteiger partial charge is 0.255 e. The number of nitrogens with zero attached hydrogens (tertiary/aromatic N) is 4. The zero-order valence-corrected chi connectivity index (χ0v) is 19.1. The minimum atomic E-state index is -0.321. The first-order valence-corrected chi connectivity index (χ1v) is 11.2. The van der Waals surface area contributed by atoms with Gasteiger partial charge in [-0.25, -0.2) is 14.4 Å². The largest absolute Gasteiger partial charge is 0.507 e. The molecule has 2 aromatic heterocycles. The number of hydrogen-bond donors (Lipinski definition) is 2. The molecule has 2 aromatic carbocycles. The number of para-hydroxylation sites is 1. The zero-order chi connectivity index (χ0) is 24.1. The van der Waals surface area contributed by atoms with Crippen LogP contribution in [0, 0.1) is 5.82 Å². The quantitative estimate of drug-likeness (QED) is 0.370. The van der Waals surface area contributed by atoms with Gasteiger partial charge < -0.3 is 10.4 Å². The van der Waals surface area contributed by atoms with Gasteiger partial charge in [0.05, 0.1) is 11.3 Å². The molecule has 0 unspecified atom stereocenters. The van der Waals surface area contributed by atoms with E-state index in [-0.39, 0.29) is 29.1 Å². The molecule has 0 bridgehead atoms. The van der Waals surface area contributed by atoms with Crippen molar-refractivity contribution in [1.29, 1.82) is 0 Å². The predicted octanol–water partition coefficient (Wildman–Crippen LogP) is 4.80. The van der Waals surface area contributed by atoms with Crippen LogP contribution < -0.4 is 5.32 Å². The molecule has 4 aromatic rings. The molecule has 4 rings (SSSR count). The Morgan fingerprint density at radius 3 is 2.62 bits per heavy atom. The minimum absolute atomic E-state index is 0.0464. The first kappa shape index (κ1) is 23.1. The lowest BCUT2D eigenvalue weighted by atomic mass is 10.1. The molecule has 174 valence electrons. The van der Waals surface area contributed by atoms with Crippen LogP contribution >= 0.6 is 0 Å². The number of aryl methyl sites for hydroxylation is 1. The summed E-state index contributed by atoms with van der Waals surface area (Å²) < 4.78 is 15.3. The van der Waals surface area contributed by atoms with E-state index in [9.17, 15) is 14.3 Å². The molecule has 8 heteroatoms. The molecule has 2 heterocycles. The average Bonchev–Trinajstić information content (AvgIpc) is 3.29. The van der Waals surface area contributed by atoms with Crippen LogP contribution in [0.5, 0.6) is 5.75 Å². The fourth-order valence-corrected chi connectivity index (χ4v) is 3.54. The van der Waals surface area contributed by atoms with Gasteiger partial charge in [-0.2, -0.15) is 5.10 Å². The number of amides is 1. The van der Waals surface area contributed by atoms with Crippen LogP contribution in [0.4, 0.5) is 4.39 Å². The molecule has 1 amide bonds. The van der Waals surface area contributed by atoms with E-state index < -0.39 is 0 Å². The monoisotopic (exact) mass is 459 g/mol. The van der Waals surface area contributed by atoms with Gasteiger partial charge in [-0.3, -0.25) is 9.48 Å². The van der Waals surface area contributed by atoms with Crippen LogP contribution in [-0.2, 0) is 6.42 Å². The first-order valence-electron chi connectivity index (χ1n) is 11.2. The molecule has 34 heavy (non-hydrogen) atoms. The Hall–Kier alpha value is -4.07. The third-order valence-corrected chi connectivity index (χ3v) is 5.37. The standard InChI is InChI=1S/C26H26FN5O2/c1-17(2)32-16-21(25(31-32)18-9-11-19(27)12-10-18)22-13-15-28-24(30-22)8-5-14-29-26(34)20-6-3-4-7-23(20)33/h3-4,6-7,9-13,15-17,33H,5,8,14H2,1-2H3,(H,29,34). The molecule has 0 aliphatic rings. The number of phenols is 1. The van der Waals surface area contributed by atoms with Gasteiger partial charge in [0.2, 0.25) is 0 Å². The van der Waals surface area contributed by atoms with Gasteiger partial charge in [-0.05, 0) is 62.7 Å². The van der Waals surface area contributed by atoms with E-state index in [2.05, 4.69) is 10.3 Å².